The molecule has 0 radical (unpaired) electrons. The zero-order valence-corrected chi connectivity index (χ0v) is 15.8. The van der Waals surface area contributed by atoms with Crippen LogP contribution >= 0.6 is 0 Å². The van der Waals surface area contributed by atoms with Gasteiger partial charge in [0.05, 0.1) is 10.6 Å². The van der Waals surface area contributed by atoms with E-state index in [1.54, 1.807) is 0 Å². The van der Waals surface area contributed by atoms with Gasteiger partial charge in [-0.3, -0.25) is 0 Å². The summed E-state index contributed by atoms with van der Waals surface area (Å²) in [5.41, 5.74) is 1.86. The quantitative estimate of drug-likeness (QED) is 0.622. The molecule has 0 N–H and O–H groups in total. The third kappa shape index (κ3) is 3.56. The van der Waals surface area contributed by atoms with Crippen molar-refractivity contribution in [3.63, 3.8) is 0 Å². The van der Waals surface area contributed by atoms with Gasteiger partial charge in [-0.15, -0.1) is 0 Å². The van der Waals surface area contributed by atoms with Gasteiger partial charge in [-0.25, -0.2) is 8.42 Å². The molecule has 1 fully saturated rings. The summed E-state index contributed by atoms with van der Waals surface area (Å²) in [4.78, 5) is 0.466. The molecule has 0 aliphatic heterocycles. The van der Waals surface area contributed by atoms with Crippen molar-refractivity contribution in [2.24, 2.45) is 5.92 Å². The summed E-state index contributed by atoms with van der Waals surface area (Å²) in [5.74, 6) is 0.704. The molecule has 0 atom stereocenters. The maximum Gasteiger partial charge on any atom is 0.184 e. The van der Waals surface area contributed by atoms with Crippen molar-refractivity contribution in [1.82, 2.24) is 4.57 Å². The van der Waals surface area contributed by atoms with Crippen LogP contribution in [0.2, 0.25) is 0 Å². The molecule has 1 aliphatic rings. The SMILES string of the molecule is O=S(=O)(Cc1ccccc1)c1cn(CC2CCCCC2)c2ccccc12. The molecular weight excluding hydrogens is 342 g/mol. The molecular formula is C22H25NO2S. The predicted octanol–water partition coefficient (Wildman–Crippen LogP) is 5.20. The van der Waals surface area contributed by atoms with Crippen LogP contribution in [0.4, 0.5) is 0 Å². The Balaban J connectivity index is 1.70. The summed E-state index contributed by atoms with van der Waals surface area (Å²) in [6, 6.07) is 17.3. The van der Waals surface area contributed by atoms with Crippen LogP contribution < -0.4 is 0 Å². The van der Waals surface area contributed by atoms with Crippen molar-refractivity contribution in [1.29, 1.82) is 0 Å². The number of para-hydroxylation sites is 1. The van der Waals surface area contributed by atoms with Crippen molar-refractivity contribution < 1.29 is 8.42 Å². The van der Waals surface area contributed by atoms with E-state index >= 15 is 0 Å². The molecule has 0 saturated heterocycles. The van der Waals surface area contributed by atoms with Crippen molar-refractivity contribution >= 4 is 20.7 Å². The normalized spacial score (nSPS) is 16.2. The van der Waals surface area contributed by atoms with Gasteiger partial charge in [-0.05, 0) is 30.4 Å². The topological polar surface area (TPSA) is 39.1 Å². The van der Waals surface area contributed by atoms with Gasteiger partial charge in [0, 0.05) is 23.6 Å². The second-order valence-electron chi connectivity index (χ2n) is 7.41. The number of aromatic nitrogens is 1. The number of sulfone groups is 1. The molecule has 0 unspecified atom stereocenters. The molecule has 1 aromatic heterocycles. The number of fused-ring (bicyclic) bond motifs is 1. The summed E-state index contributed by atoms with van der Waals surface area (Å²) in [6.07, 6.45) is 8.29. The van der Waals surface area contributed by atoms with E-state index in [-0.39, 0.29) is 5.75 Å². The van der Waals surface area contributed by atoms with Crippen LogP contribution in [0.15, 0.2) is 65.7 Å². The zero-order chi connectivity index (χ0) is 18.0. The van der Waals surface area contributed by atoms with Gasteiger partial charge < -0.3 is 4.57 Å². The van der Waals surface area contributed by atoms with E-state index in [0.29, 0.717) is 10.8 Å². The fourth-order valence-corrected chi connectivity index (χ4v) is 5.71. The molecule has 0 spiro atoms. The fraction of sp³-hybridized carbons (Fsp3) is 0.364. The molecule has 136 valence electrons. The third-order valence-corrected chi connectivity index (χ3v) is 7.18. The van der Waals surface area contributed by atoms with Crippen LogP contribution in [0.5, 0.6) is 0 Å². The van der Waals surface area contributed by atoms with Gasteiger partial charge in [0.1, 0.15) is 0 Å². The Morgan fingerprint density at radius 2 is 1.58 bits per heavy atom. The lowest BCUT2D eigenvalue weighted by molar-refractivity contribution is 0.322. The Labute approximate surface area is 155 Å². The molecule has 0 amide bonds. The minimum absolute atomic E-state index is 0.0469. The first kappa shape index (κ1) is 17.3. The largest absolute Gasteiger partial charge is 0.346 e. The highest BCUT2D eigenvalue weighted by Crippen LogP contribution is 2.31. The van der Waals surface area contributed by atoms with Crippen molar-refractivity contribution in [3.8, 4) is 0 Å². The lowest BCUT2D eigenvalue weighted by Gasteiger charge is -2.22. The first-order chi connectivity index (χ1) is 12.6. The van der Waals surface area contributed by atoms with Gasteiger partial charge in [0.15, 0.2) is 9.84 Å². The molecule has 4 heteroatoms. The van der Waals surface area contributed by atoms with E-state index in [1.807, 2.05) is 60.8 Å². The Bertz CT molecular complexity index is 983. The molecule has 4 rings (SSSR count). The minimum atomic E-state index is -3.38. The number of rotatable bonds is 5. The predicted molar refractivity (Wildman–Crippen MR) is 106 cm³/mol. The van der Waals surface area contributed by atoms with Crippen LogP contribution in [0.25, 0.3) is 10.9 Å². The maximum absolute atomic E-state index is 13.1. The van der Waals surface area contributed by atoms with Gasteiger partial charge in [0.25, 0.3) is 0 Å². The van der Waals surface area contributed by atoms with Gasteiger partial charge in [-0.1, -0.05) is 67.8 Å². The number of benzene rings is 2. The fourth-order valence-electron chi connectivity index (χ4n) is 4.13. The summed E-state index contributed by atoms with van der Waals surface area (Å²) in [7, 11) is -3.38. The van der Waals surface area contributed by atoms with Gasteiger partial charge >= 0.3 is 0 Å². The minimum Gasteiger partial charge on any atom is -0.346 e. The number of hydrogen-bond donors (Lipinski definition) is 0. The number of nitrogens with zero attached hydrogens (tertiary/aromatic N) is 1. The van der Waals surface area contributed by atoms with Crippen molar-refractivity contribution in [2.75, 3.05) is 0 Å². The van der Waals surface area contributed by atoms with E-state index in [2.05, 4.69) is 4.57 Å². The molecule has 2 aromatic carbocycles. The number of hydrogen-bond acceptors (Lipinski definition) is 2. The smallest absolute Gasteiger partial charge is 0.184 e. The highest BCUT2D eigenvalue weighted by molar-refractivity contribution is 7.90. The summed E-state index contributed by atoms with van der Waals surface area (Å²) in [5, 5.41) is 0.847. The monoisotopic (exact) mass is 367 g/mol. The van der Waals surface area contributed by atoms with E-state index in [0.717, 1.165) is 23.0 Å². The summed E-state index contributed by atoms with van der Waals surface area (Å²) < 4.78 is 28.4. The molecule has 1 saturated carbocycles. The molecule has 26 heavy (non-hydrogen) atoms. The van der Waals surface area contributed by atoms with E-state index in [4.69, 9.17) is 0 Å². The first-order valence-electron chi connectivity index (χ1n) is 9.48. The van der Waals surface area contributed by atoms with Crippen molar-refractivity contribution in [2.45, 2.75) is 49.3 Å². The average molecular weight is 368 g/mol. The average Bonchev–Trinajstić information content (AvgIpc) is 3.03. The lowest BCUT2D eigenvalue weighted by atomic mass is 9.89. The highest BCUT2D eigenvalue weighted by Gasteiger charge is 2.23. The van der Waals surface area contributed by atoms with Gasteiger partial charge in [0.2, 0.25) is 0 Å². The third-order valence-electron chi connectivity index (χ3n) is 5.47. The second kappa shape index (κ2) is 7.28. The lowest BCUT2D eigenvalue weighted by Crippen LogP contribution is -2.13. The Hall–Kier alpha value is -2.07. The summed E-state index contributed by atoms with van der Waals surface area (Å²) in [6.45, 7) is 0.918. The summed E-state index contributed by atoms with van der Waals surface area (Å²) >= 11 is 0. The Kier molecular flexibility index (Phi) is 4.86. The highest BCUT2D eigenvalue weighted by atomic mass is 32.2. The van der Waals surface area contributed by atoms with E-state index in [1.165, 1.54) is 32.1 Å². The van der Waals surface area contributed by atoms with Crippen LogP contribution in [-0.4, -0.2) is 13.0 Å². The Morgan fingerprint density at radius 3 is 2.35 bits per heavy atom. The standard InChI is InChI=1S/C22H25NO2S/c24-26(25,17-19-11-5-2-6-12-19)22-16-23(15-18-9-3-1-4-10-18)21-14-8-7-13-20(21)22/h2,5-8,11-14,16,18H,1,3-4,9-10,15,17H2. The maximum atomic E-state index is 13.1. The van der Waals surface area contributed by atoms with Crippen LogP contribution in [0.1, 0.15) is 37.7 Å². The second-order valence-corrected chi connectivity index (χ2v) is 9.37. The van der Waals surface area contributed by atoms with E-state index < -0.39 is 9.84 Å². The van der Waals surface area contributed by atoms with Crippen molar-refractivity contribution in [3.05, 3.63) is 66.4 Å². The Morgan fingerprint density at radius 1 is 0.885 bits per heavy atom. The molecule has 0 bridgehead atoms. The van der Waals surface area contributed by atoms with Crippen LogP contribution in [0, 0.1) is 5.92 Å². The zero-order valence-electron chi connectivity index (χ0n) is 15.0. The van der Waals surface area contributed by atoms with Crippen LogP contribution in [-0.2, 0) is 22.1 Å². The van der Waals surface area contributed by atoms with Gasteiger partial charge in [-0.2, -0.15) is 0 Å². The molecule has 3 nitrogen and oxygen atoms in total. The molecule has 1 aliphatic carbocycles. The molecule has 1 heterocycles. The van der Waals surface area contributed by atoms with E-state index in [9.17, 15) is 8.42 Å². The molecule has 3 aromatic rings. The first-order valence-corrected chi connectivity index (χ1v) is 11.1. The van der Waals surface area contributed by atoms with Crippen LogP contribution in [0.3, 0.4) is 0 Å².